The average Bonchev–Trinajstić information content (AvgIpc) is 2.61. The molecule has 5 heteroatoms. The Morgan fingerprint density at radius 2 is 1.56 bits per heavy atom. The van der Waals surface area contributed by atoms with Crippen molar-refractivity contribution in [2.24, 2.45) is 0 Å². The van der Waals surface area contributed by atoms with Crippen molar-refractivity contribution >= 4 is 28.3 Å². The number of amides is 2. The van der Waals surface area contributed by atoms with Crippen molar-refractivity contribution in [1.29, 1.82) is 0 Å². The summed E-state index contributed by atoms with van der Waals surface area (Å²) in [5.74, 6) is -0.386. The second-order valence-corrected chi connectivity index (χ2v) is 6.60. The summed E-state index contributed by atoms with van der Waals surface area (Å²) in [5, 5.41) is 1.77. The van der Waals surface area contributed by atoms with E-state index in [1.165, 1.54) is 4.90 Å². The SMILES string of the molecule is CCN(CC)c1ccc2c3c(cccc13)C(=O)N(CCN(C)C)C2=O. The lowest BCUT2D eigenvalue weighted by atomic mass is 9.92. The van der Waals surface area contributed by atoms with Gasteiger partial charge in [0.1, 0.15) is 0 Å². The fraction of sp³-hybridized carbons (Fsp3) is 0.400. The zero-order valence-corrected chi connectivity index (χ0v) is 15.4. The monoisotopic (exact) mass is 339 g/mol. The van der Waals surface area contributed by atoms with Crippen molar-refractivity contribution in [3.63, 3.8) is 0 Å². The van der Waals surface area contributed by atoms with E-state index in [0.29, 0.717) is 24.2 Å². The van der Waals surface area contributed by atoms with Gasteiger partial charge in [0.2, 0.25) is 0 Å². The summed E-state index contributed by atoms with van der Waals surface area (Å²) in [6.45, 7) is 7.03. The molecule has 0 saturated carbocycles. The molecule has 0 radical (unpaired) electrons. The Hall–Kier alpha value is -2.40. The highest BCUT2D eigenvalue weighted by molar-refractivity contribution is 6.26. The molecule has 2 aromatic carbocycles. The van der Waals surface area contributed by atoms with Gasteiger partial charge in [0, 0.05) is 53.8 Å². The lowest BCUT2D eigenvalue weighted by Gasteiger charge is -2.30. The highest BCUT2D eigenvalue weighted by Gasteiger charge is 2.33. The predicted octanol–water partition coefficient (Wildman–Crippen LogP) is 2.84. The third kappa shape index (κ3) is 2.89. The van der Waals surface area contributed by atoms with Gasteiger partial charge in [-0.2, -0.15) is 0 Å². The Morgan fingerprint density at radius 1 is 0.920 bits per heavy atom. The van der Waals surface area contributed by atoms with Gasteiger partial charge in [0.25, 0.3) is 11.8 Å². The van der Waals surface area contributed by atoms with Crippen molar-refractivity contribution in [2.45, 2.75) is 13.8 Å². The van der Waals surface area contributed by atoms with Gasteiger partial charge >= 0.3 is 0 Å². The number of carbonyl (C=O) groups is 2. The van der Waals surface area contributed by atoms with Crippen LogP contribution in [0, 0.1) is 0 Å². The summed E-state index contributed by atoms with van der Waals surface area (Å²) >= 11 is 0. The molecule has 0 spiro atoms. The standard InChI is InChI=1S/C20H25N3O2/c1-5-22(6-2)17-11-10-16-18-14(17)8-7-9-15(18)19(24)23(20(16)25)13-12-21(3)4/h7-11H,5-6,12-13H2,1-4H3. The summed E-state index contributed by atoms with van der Waals surface area (Å²) < 4.78 is 0. The minimum atomic E-state index is -0.193. The van der Waals surface area contributed by atoms with Crippen molar-refractivity contribution < 1.29 is 9.59 Å². The third-order valence-electron chi connectivity index (χ3n) is 4.84. The van der Waals surface area contributed by atoms with Crippen molar-refractivity contribution in [3.05, 3.63) is 41.5 Å². The second-order valence-electron chi connectivity index (χ2n) is 6.60. The number of likely N-dealkylation sites (N-methyl/N-ethyl adjacent to an activating group) is 1. The number of hydrogen-bond donors (Lipinski definition) is 0. The van der Waals surface area contributed by atoms with Crippen LogP contribution in [0.3, 0.4) is 0 Å². The maximum Gasteiger partial charge on any atom is 0.261 e. The maximum absolute atomic E-state index is 12.9. The smallest absolute Gasteiger partial charge is 0.261 e. The quantitative estimate of drug-likeness (QED) is 0.759. The molecule has 2 amide bonds. The summed E-state index contributed by atoms with van der Waals surface area (Å²) in [6.07, 6.45) is 0. The summed E-state index contributed by atoms with van der Waals surface area (Å²) in [6, 6.07) is 9.62. The van der Waals surface area contributed by atoms with Crippen LogP contribution in [0.2, 0.25) is 0 Å². The van der Waals surface area contributed by atoms with Gasteiger partial charge in [-0.1, -0.05) is 12.1 Å². The highest BCUT2D eigenvalue weighted by atomic mass is 16.2. The summed E-state index contributed by atoms with van der Waals surface area (Å²) in [7, 11) is 3.87. The first-order valence-electron chi connectivity index (χ1n) is 8.81. The molecule has 1 heterocycles. The molecule has 132 valence electrons. The van der Waals surface area contributed by atoms with E-state index in [9.17, 15) is 9.59 Å². The first kappa shape index (κ1) is 17.4. The lowest BCUT2D eigenvalue weighted by Crippen LogP contribution is -2.43. The fourth-order valence-electron chi connectivity index (χ4n) is 3.47. The minimum Gasteiger partial charge on any atom is -0.372 e. The predicted molar refractivity (Wildman–Crippen MR) is 101 cm³/mol. The van der Waals surface area contributed by atoms with Gasteiger partial charge in [0.05, 0.1) is 0 Å². The van der Waals surface area contributed by atoms with Crippen LogP contribution in [-0.2, 0) is 0 Å². The van der Waals surface area contributed by atoms with Crippen LogP contribution < -0.4 is 4.90 Å². The first-order chi connectivity index (χ1) is 12.0. The number of nitrogens with zero attached hydrogens (tertiary/aromatic N) is 3. The molecule has 1 aliphatic rings. The largest absolute Gasteiger partial charge is 0.372 e. The number of anilines is 1. The number of benzene rings is 2. The Kier molecular flexibility index (Phi) is 4.77. The van der Waals surface area contributed by atoms with E-state index in [1.54, 1.807) is 0 Å². The van der Waals surface area contributed by atoms with Crippen LogP contribution in [-0.4, -0.2) is 61.9 Å². The van der Waals surface area contributed by atoms with E-state index in [-0.39, 0.29) is 11.8 Å². The van der Waals surface area contributed by atoms with Crippen molar-refractivity contribution in [1.82, 2.24) is 9.80 Å². The fourth-order valence-corrected chi connectivity index (χ4v) is 3.47. The number of rotatable bonds is 6. The molecule has 0 aliphatic carbocycles. The van der Waals surface area contributed by atoms with Gasteiger partial charge in [-0.3, -0.25) is 14.5 Å². The molecule has 3 rings (SSSR count). The van der Waals surface area contributed by atoms with Crippen molar-refractivity contribution in [3.8, 4) is 0 Å². The first-order valence-corrected chi connectivity index (χ1v) is 8.81. The van der Waals surface area contributed by atoms with Crippen molar-refractivity contribution in [2.75, 3.05) is 45.2 Å². The molecular weight excluding hydrogens is 314 g/mol. The molecule has 2 aromatic rings. The van der Waals surface area contributed by atoms with Gasteiger partial charge in [-0.25, -0.2) is 0 Å². The Balaban J connectivity index is 2.15. The Bertz CT molecular complexity index is 803. The van der Waals surface area contributed by atoms with Crippen LogP contribution in [0.1, 0.15) is 34.6 Å². The van der Waals surface area contributed by atoms with E-state index in [4.69, 9.17) is 0 Å². The van der Waals surface area contributed by atoms with E-state index < -0.39 is 0 Å². The van der Waals surface area contributed by atoms with E-state index in [2.05, 4.69) is 18.7 Å². The number of imide groups is 1. The molecular formula is C20H25N3O2. The van der Waals surface area contributed by atoms with Gasteiger partial charge in [-0.05, 0) is 46.1 Å². The van der Waals surface area contributed by atoms with Crippen LogP contribution in [0.25, 0.3) is 10.8 Å². The van der Waals surface area contributed by atoms with Gasteiger partial charge in [-0.15, -0.1) is 0 Å². The maximum atomic E-state index is 12.9. The van der Waals surface area contributed by atoms with Crippen LogP contribution in [0.15, 0.2) is 30.3 Å². The molecule has 0 aromatic heterocycles. The number of carbonyl (C=O) groups excluding carboxylic acids is 2. The molecule has 0 atom stereocenters. The zero-order chi connectivity index (χ0) is 18.1. The third-order valence-corrected chi connectivity index (χ3v) is 4.84. The highest BCUT2D eigenvalue weighted by Crippen LogP contribution is 2.35. The minimum absolute atomic E-state index is 0.193. The Labute approximate surface area is 148 Å². The molecule has 5 nitrogen and oxygen atoms in total. The van der Waals surface area contributed by atoms with Crippen LogP contribution >= 0.6 is 0 Å². The molecule has 25 heavy (non-hydrogen) atoms. The summed E-state index contributed by atoms with van der Waals surface area (Å²) in [4.78, 5) is 31.4. The molecule has 0 fully saturated rings. The topological polar surface area (TPSA) is 43.9 Å². The molecule has 0 N–H and O–H groups in total. The molecule has 1 aliphatic heterocycles. The van der Waals surface area contributed by atoms with Crippen LogP contribution in [0.4, 0.5) is 5.69 Å². The van der Waals surface area contributed by atoms with E-state index >= 15 is 0 Å². The van der Waals surface area contributed by atoms with Gasteiger partial charge in [0.15, 0.2) is 0 Å². The second kappa shape index (κ2) is 6.84. The zero-order valence-electron chi connectivity index (χ0n) is 15.4. The Morgan fingerprint density at radius 3 is 2.16 bits per heavy atom. The van der Waals surface area contributed by atoms with E-state index in [1.807, 2.05) is 49.3 Å². The van der Waals surface area contributed by atoms with E-state index in [0.717, 1.165) is 29.5 Å². The summed E-state index contributed by atoms with van der Waals surface area (Å²) in [5.41, 5.74) is 2.33. The molecule has 0 unspecified atom stereocenters. The molecule has 0 saturated heterocycles. The number of hydrogen-bond acceptors (Lipinski definition) is 4. The molecule has 0 bridgehead atoms. The van der Waals surface area contributed by atoms with Crippen LogP contribution in [0.5, 0.6) is 0 Å². The normalized spacial score (nSPS) is 13.9. The average molecular weight is 339 g/mol. The van der Waals surface area contributed by atoms with Gasteiger partial charge < -0.3 is 9.80 Å². The lowest BCUT2D eigenvalue weighted by molar-refractivity contribution is 0.0601.